The van der Waals surface area contributed by atoms with Gasteiger partial charge in [0.15, 0.2) is 23.0 Å². The zero-order valence-corrected chi connectivity index (χ0v) is 23.6. The van der Waals surface area contributed by atoms with Gasteiger partial charge in [-0.25, -0.2) is 0 Å². The molecule has 44 heavy (non-hydrogen) atoms. The van der Waals surface area contributed by atoms with Crippen LogP contribution in [0.1, 0.15) is 0 Å². The van der Waals surface area contributed by atoms with E-state index >= 15 is 0 Å². The van der Waals surface area contributed by atoms with Gasteiger partial charge in [0, 0.05) is 11.4 Å². The minimum atomic E-state index is 0.395. The van der Waals surface area contributed by atoms with Gasteiger partial charge in [-0.2, -0.15) is 0 Å². The minimum absolute atomic E-state index is 0.395. The van der Waals surface area contributed by atoms with Crippen LogP contribution in [0.4, 0.5) is 22.7 Å². The van der Waals surface area contributed by atoms with Gasteiger partial charge < -0.3 is 41.9 Å². The largest absolute Gasteiger partial charge is 0.455 e. The Hall–Kier alpha value is -6.28. The van der Waals surface area contributed by atoms with E-state index < -0.39 is 0 Å². The Morgan fingerprint density at radius 1 is 0.295 bits per heavy atom. The Balaban J connectivity index is 1.11. The molecule has 0 bridgehead atoms. The molecule has 0 aliphatic heterocycles. The Kier molecular flexibility index (Phi) is 7.79. The zero-order valence-electron chi connectivity index (χ0n) is 23.6. The average molecular weight is 583 g/mol. The molecule has 8 nitrogen and oxygen atoms in total. The standard InChI is InChI=1S/C36H30N4O4/c37-25-11-19-29(20-12-25)43-33-5-1-3-31(35(33)39)41-27-15-7-23(8-16-27)24-9-17-28(18-10-24)42-32-4-2-6-34(36(32)40)44-30-21-13-26(38)14-22-30/h1-22H,37-40H2. The summed E-state index contributed by atoms with van der Waals surface area (Å²) in [5.74, 6) is 4.52. The highest BCUT2D eigenvalue weighted by atomic mass is 16.5. The van der Waals surface area contributed by atoms with E-state index in [9.17, 15) is 0 Å². The first kappa shape index (κ1) is 27.9. The Labute approximate surface area is 255 Å². The first-order valence-corrected chi connectivity index (χ1v) is 13.8. The molecule has 0 aliphatic carbocycles. The number of ether oxygens (including phenoxy) is 4. The predicted octanol–water partition coefficient (Wildman–Crippen LogP) is 8.85. The highest BCUT2D eigenvalue weighted by Gasteiger charge is 2.12. The van der Waals surface area contributed by atoms with Crippen molar-refractivity contribution in [3.8, 4) is 57.1 Å². The summed E-state index contributed by atoms with van der Waals surface area (Å²) in [7, 11) is 0. The van der Waals surface area contributed by atoms with E-state index in [2.05, 4.69) is 0 Å². The van der Waals surface area contributed by atoms with E-state index in [1.165, 1.54) is 0 Å². The lowest BCUT2D eigenvalue weighted by Crippen LogP contribution is -1.96. The Bertz CT molecular complexity index is 1730. The van der Waals surface area contributed by atoms with Crippen LogP contribution in [-0.2, 0) is 0 Å². The fourth-order valence-electron chi connectivity index (χ4n) is 4.41. The summed E-state index contributed by atoms with van der Waals surface area (Å²) in [4.78, 5) is 0. The number of nitrogen functional groups attached to an aromatic ring is 4. The molecule has 8 heteroatoms. The third-order valence-corrected chi connectivity index (χ3v) is 6.77. The van der Waals surface area contributed by atoms with Crippen molar-refractivity contribution in [2.75, 3.05) is 22.9 Å². The van der Waals surface area contributed by atoms with Crippen molar-refractivity contribution in [2.45, 2.75) is 0 Å². The summed E-state index contributed by atoms with van der Waals surface area (Å²) in [6.45, 7) is 0. The number of rotatable bonds is 9. The lowest BCUT2D eigenvalue weighted by molar-refractivity contribution is 0.464. The summed E-state index contributed by atoms with van der Waals surface area (Å²) in [6.07, 6.45) is 0. The van der Waals surface area contributed by atoms with E-state index in [-0.39, 0.29) is 0 Å². The van der Waals surface area contributed by atoms with Crippen molar-refractivity contribution in [1.82, 2.24) is 0 Å². The number of para-hydroxylation sites is 2. The summed E-state index contributed by atoms with van der Waals surface area (Å²) >= 11 is 0. The highest BCUT2D eigenvalue weighted by molar-refractivity contribution is 5.68. The zero-order chi connectivity index (χ0) is 30.5. The second-order valence-electron chi connectivity index (χ2n) is 9.93. The molecule has 0 saturated carbocycles. The van der Waals surface area contributed by atoms with Crippen LogP contribution in [-0.4, -0.2) is 0 Å². The number of benzene rings is 6. The van der Waals surface area contributed by atoms with E-state index in [1.807, 2.05) is 60.7 Å². The van der Waals surface area contributed by atoms with Gasteiger partial charge in [-0.15, -0.1) is 0 Å². The van der Waals surface area contributed by atoms with Crippen molar-refractivity contribution in [3.05, 3.63) is 133 Å². The molecule has 6 rings (SSSR count). The van der Waals surface area contributed by atoms with Crippen molar-refractivity contribution in [1.29, 1.82) is 0 Å². The van der Waals surface area contributed by atoms with Gasteiger partial charge in [0.25, 0.3) is 0 Å². The van der Waals surface area contributed by atoms with E-state index in [0.29, 0.717) is 68.7 Å². The van der Waals surface area contributed by atoms with Crippen molar-refractivity contribution in [3.63, 3.8) is 0 Å². The summed E-state index contributed by atoms with van der Waals surface area (Å²) in [5.41, 5.74) is 28.3. The molecular weight excluding hydrogens is 552 g/mol. The smallest absolute Gasteiger partial charge is 0.154 e. The second kappa shape index (κ2) is 12.3. The topological polar surface area (TPSA) is 141 Å². The second-order valence-corrected chi connectivity index (χ2v) is 9.93. The maximum Gasteiger partial charge on any atom is 0.154 e. The molecule has 0 saturated heterocycles. The first-order valence-electron chi connectivity index (χ1n) is 13.8. The van der Waals surface area contributed by atoms with Crippen LogP contribution in [0.3, 0.4) is 0 Å². The van der Waals surface area contributed by atoms with E-state index in [1.54, 1.807) is 72.8 Å². The van der Waals surface area contributed by atoms with Crippen LogP contribution >= 0.6 is 0 Å². The fraction of sp³-hybridized carbons (Fsp3) is 0. The van der Waals surface area contributed by atoms with Crippen molar-refractivity contribution in [2.24, 2.45) is 0 Å². The van der Waals surface area contributed by atoms with E-state index in [4.69, 9.17) is 41.9 Å². The van der Waals surface area contributed by atoms with Crippen LogP contribution in [0.25, 0.3) is 11.1 Å². The van der Waals surface area contributed by atoms with Gasteiger partial charge in [0.05, 0.1) is 0 Å². The minimum Gasteiger partial charge on any atom is -0.455 e. The lowest BCUT2D eigenvalue weighted by Gasteiger charge is -2.14. The Morgan fingerprint density at radius 2 is 0.545 bits per heavy atom. The third kappa shape index (κ3) is 6.45. The monoisotopic (exact) mass is 582 g/mol. The summed E-state index contributed by atoms with van der Waals surface area (Å²) in [5, 5.41) is 0. The number of hydrogen-bond donors (Lipinski definition) is 4. The van der Waals surface area contributed by atoms with Crippen molar-refractivity contribution >= 4 is 22.7 Å². The molecule has 0 atom stereocenters. The maximum absolute atomic E-state index is 6.35. The van der Waals surface area contributed by atoms with Crippen LogP contribution in [0.15, 0.2) is 133 Å². The van der Waals surface area contributed by atoms with Gasteiger partial charge in [-0.3, -0.25) is 0 Å². The third-order valence-electron chi connectivity index (χ3n) is 6.77. The predicted molar refractivity (Wildman–Crippen MR) is 176 cm³/mol. The molecule has 0 radical (unpaired) electrons. The lowest BCUT2D eigenvalue weighted by atomic mass is 10.1. The molecule has 0 fully saturated rings. The quantitative estimate of drug-likeness (QED) is 0.124. The van der Waals surface area contributed by atoms with Gasteiger partial charge >= 0.3 is 0 Å². The van der Waals surface area contributed by atoms with E-state index in [0.717, 1.165) is 11.1 Å². The Morgan fingerprint density at radius 3 is 0.818 bits per heavy atom. The molecule has 0 aromatic heterocycles. The van der Waals surface area contributed by atoms with Crippen LogP contribution in [0.2, 0.25) is 0 Å². The van der Waals surface area contributed by atoms with Gasteiger partial charge in [0.1, 0.15) is 34.4 Å². The fourth-order valence-corrected chi connectivity index (χ4v) is 4.41. The van der Waals surface area contributed by atoms with Gasteiger partial charge in [-0.1, -0.05) is 36.4 Å². The number of anilines is 4. The molecule has 6 aromatic rings. The molecule has 0 unspecified atom stereocenters. The molecule has 8 N–H and O–H groups in total. The SMILES string of the molecule is Nc1ccc(Oc2cccc(Oc3ccc(-c4ccc(Oc5cccc(Oc6ccc(N)cc6)c5N)cc4)cc3)c2N)cc1. The van der Waals surface area contributed by atoms with Crippen LogP contribution < -0.4 is 41.9 Å². The maximum atomic E-state index is 6.35. The van der Waals surface area contributed by atoms with Gasteiger partial charge in [-0.05, 0) is 108 Å². The molecular formula is C36H30N4O4. The molecule has 0 spiro atoms. The molecule has 6 aromatic carbocycles. The number of hydrogen-bond acceptors (Lipinski definition) is 8. The molecule has 218 valence electrons. The number of nitrogens with two attached hydrogens (primary N) is 4. The molecule has 0 aliphatic rings. The van der Waals surface area contributed by atoms with Crippen LogP contribution in [0.5, 0.6) is 46.0 Å². The summed E-state index contributed by atoms with van der Waals surface area (Å²) < 4.78 is 24.0. The van der Waals surface area contributed by atoms with Gasteiger partial charge in [0.2, 0.25) is 0 Å². The van der Waals surface area contributed by atoms with Crippen molar-refractivity contribution < 1.29 is 18.9 Å². The van der Waals surface area contributed by atoms with Crippen LogP contribution in [0, 0.1) is 0 Å². The normalized spacial score (nSPS) is 10.6. The summed E-state index contributed by atoms with van der Waals surface area (Å²) in [6, 6.07) is 40.5. The first-order chi connectivity index (χ1) is 21.4. The molecule has 0 heterocycles. The average Bonchev–Trinajstić information content (AvgIpc) is 3.04. The molecule has 0 amide bonds. The highest BCUT2D eigenvalue weighted by Crippen LogP contribution is 2.39.